The second-order valence-electron chi connectivity index (χ2n) is 6.93. The van der Waals surface area contributed by atoms with Crippen LogP contribution in [-0.4, -0.2) is 30.5 Å². The fourth-order valence-electron chi connectivity index (χ4n) is 2.70. The molecule has 0 aromatic heterocycles. The lowest BCUT2D eigenvalue weighted by molar-refractivity contribution is -0.139. The lowest BCUT2D eigenvalue weighted by atomic mass is 10.2. The van der Waals surface area contributed by atoms with Gasteiger partial charge in [-0.15, -0.1) is 0 Å². The van der Waals surface area contributed by atoms with Gasteiger partial charge in [-0.1, -0.05) is 53.5 Å². The van der Waals surface area contributed by atoms with Gasteiger partial charge in [-0.25, -0.2) is 5.43 Å². The highest BCUT2D eigenvalue weighted by molar-refractivity contribution is 6.35. The fourth-order valence-corrected chi connectivity index (χ4v) is 3.22. The monoisotopic (exact) mass is 498 g/mol. The number of anilines is 1. The summed E-state index contributed by atoms with van der Waals surface area (Å²) >= 11 is 11.8. The number of rotatable bonds is 8. The van der Waals surface area contributed by atoms with Crippen LogP contribution < -0.4 is 20.8 Å². The fraction of sp³-hybridized carbons (Fsp3) is 0.0833. The van der Waals surface area contributed by atoms with E-state index in [4.69, 9.17) is 27.9 Å². The maximum absolute atomic E-state index is 12.0. The molecule has 0 aliphatic carbocycles. The minimum Gasteiger partial charge on any atom is -0.484 e. The van der Waals surface area contributed by atoms with Crippen LogP contribution in [0.1, 0.15) is 11.1 Å². The molecule has 10 heteroatoms. The lowest BCUT2D eigenvalue weighted by Crippen LogP contribution is -2.37. The van der Waals surface area contributed by atoms with E-state index in [0.717, 1.165) is 5.56 Å². The van der Waals surface area contributed by atoms with Crippen molar-refractivity contribution in [3.05, 3.63) is 94.0 Å². The Morgan fingerprint density at radius 2 is 1.56 bits per heavy atom. The molecule has 0 atom stereocenters. The van der Waals surface area contributed by atoms with Gasteiger partial charge in [-0.3, -0.25) is 14.4 Å². The summed E-state index contributed by atoms with van der Waals surface area (Å²) in [6.07, 6.45) is 1.38. The first-order chi connectivity index (χ1) is 16.4. The number of hydrogen-bond donors (Lipinski definition) is 3. The zero-order chi connectivity index (χ0) is 24.3. The van der Waals surface area contributed by atoms with Crippen molar-refractivity contribution in [2.24, 2.45) is 5.10 Å². The first kappa shape index (κ1) is 24.8. The Balaban J connectivity index is 1.40. The molecule has 0 bridgehead atoms. The largest absolute Gasteiger partial charge is 0.484 e. The molecule has 0 radical (unpaired) electrons. The van der Waals surface area contributed by atoms with Crippen molar-refractivity contribution in [3.8, 4) is 5.75 Å². The number of benzene rings is 3. The molecule has 3 aromatic rings. The molecule has 0 aliphatic heterocycles. The number of hydrogen-bond acceptors (Lipinski definition) is 5. The first-order valence-electron chi connectivity index (χ1n) is 10.0. The van der Waals surface area contributed by atoms with Crippen molar-refractivity contribution in [1.82, 2.24) is 10.7 Å². The molecule has 0 spiro atoms. The minimum atomic E-state index is -0.876. The quantitative estimate of drug-likeness (QED) is 0.249. The highest BCUT2D eigenvalue weighted by Crippen LogP contribution is 2.22. The molecule has 3 rings (SSSR count). The third-order valence-electron chi connectivity index (χ3n) is 4.28. The average molecular weight is 499 g/mol. The summed E-state index contributed by atoms with van der Waals surface area (Å²) in [4.78, 5) is 35.7. The topological polar surface area (TPSA) is 109 Å². The van der Waals surface area contributed by atoms with E-state index in [1.54, 1.807) is 42.5 Å². The number of carbonyl (C=O) groups is 3. The van der Waals surface area contributed by atoms with Gasteiger partial charge in [0.1, 0.15) is 5.75 Å². The molecular formula is C24H20Cl2N4O4. The Labute approximate surface area is 205 Å². The van der Waals surface area contributed by atoms with Crippen LogP contribution in [-0.2, 0) is 20.9 Å². The summed E-state index contributed by atoms with van der Waals surface area (Å²) in [5.41, 5.74) is 4.16. The molecule has 0 saturated heterocycles. The Bertz CT molecular complexity index is 1170. The zero-order valence-electron chi connectivity index (χ0n) is 17.8. The number of ether oxygens (including phenoxy) is 1. The van der Waals surface area contributed by atoms with E-state index in [9.17, 15) is 14.4 Å². The summed E-state index contributed by atoms with van der Waals surface area (Å²) in [6.45, 7) is 0.0227. The Hall–Kier alpha value is -3.88. The van der Waals surface area contributed by atoms with Crippen LogP contribution >= 0.6 is 23.2 Å². The van der Waals surface area contributed by atoms with Crippen molar-refractivity contribution in [2.45, 2.75) is 6.54 Å². The van der Waals surface area contributed by atoms with Gasteiger partial charge in [-0.05, 0) is 53.6 Å². The Morgan fingerprint density at radius 1 is 0.882 bits per heavy atom. The SMILES string of the molecule is O=C(COc1ccc(/C=N\NC(=O)C(=O)NCc2ccccc2)cc1)Nc1cc(Cl)cc(Cl)c1. The Morgan fingerprint density at radius 3 is 2.24 bits per heavy atom. The maximum atomic E-state index is 12.0. The van der Waals surface area contributed by atoms with Crippen LogP contribution in [0.4, 0.5) is 5.69 Å². The summed E-state index contributed by atoms with van der Waals surface area (Å²) in [7, 11) is 0. The number of amides is 3. The van der Waals surface area contributed by atoms with Gasteiger partial charge >= 0.3 is 11.8 Å². The van der Waals surface area contributed by atoms with Crippen LogP contribution in [0.15, 0.2) is 77.9 Å². The van der Waals surface area contributed by atoms with Crippen molar-refractivity contribution in [1.29, 1.82) is 0 Å². The second-order valence-corrected chi connectivity index (χ2v) is 7.80. The number of carbonyl (C=O) groups excluding carboxylic acids is 3. The van der Waals surface area contributed by atoms with Crippen molar-refractivity contribution in [3.63, 3.8) is 0 Å². The predicted molar refractivity (Wildman–Crippen MR) is 131 cm³/mol. The maximum Gasteiger partial charge on any atom is 0.329 e. The van der Waals surface area contributed by atoms with Gasteiger partial charge in [0, 0.05) is 22.3 Å². The normalized spacial score (nSPS) is 10.5. The zero-order valence-corrected chi connectivity index (χ0v) is 19.3. The highest BCUT2D eigenvalue weighted by Gasteiger charge is 2.11. The van der Waals surface area contributed by atoms with Gasteiger partial charge in [0.15, 0.2) is 6.61 Å². The molecule has 3 amide bonds. The van der Waals surface area contributed by atoms with Crippen molar-refractivity contribution in [2.75, 3.05) is 11.9 Å². The molecule has 3 aromatic carbocycles. The molecule has 0 aliphatic rings. The third-order valence-corrected chi connectivity index (χ3v) is 4.71. The van der Waals surface area contributed by atoms with E-state index in [1.807, 2.05) is 30.3 Å². The summed E-state index contributed by atoms with van der Waals surface area (Å²) in [5, 5.41) is 9.74. The van der Waals surface area contributed by atoms with Crippen LogP contribution in [0.3, 0.4) is 0 Å². The van der Waals surface area contributed by atoms with E-state index in [2.05, 4.69) is 21.2 Å². The number of hydrazone groups is 1. The molecule has 3 N–H and O–H groups in total. The standard InChI is InChI=1S/C24H20Cl2N4O4/c25-18-10-19(26)12-20(11-18)29-22(31)15-34-21-8-6-17(7-9-21)14-28-30-24(33)23(32)27-13-16-4-2-1-3-5-16/h1-12,14H,13,15H2,(H,27,32)(H,29,31)(H,30,33)/b28-14-. The van der Waals surface area contributed by atoms with Gasteiger partial charge in [0.2, 0.25) is 0 Å². The smallest absolute Gasteiger partial charge is 0.329 e. The third kappa shape index (κ3) is 8.23. The summed E-state index contributed by atoms with van der Waals surface area (Å²) < 4.78 is 5.45. The van der Waals surface area contributed by atoms with E-state index in [1.165, 1.54) is 6.21 Å². The van der Waals surface area contributed by atoms with Crippen LogP contribution in [0.2, 0.25) is 10.0 Å². The van der Waals surface area contributed by atoms with E-state index >= 15 is 0 Å². The van der Waals surface area contributed by atoms with Crippen molar-refractivity contribution < 1.29 is 19.1 Å². The van der Waals surface area contributed by atoms with Gasteiger partial charge < -0.3 is 15.4 Å². The molecule has 0 saturated carbocycles. The van der Waals surface area contributed by atoms with Crippen LogP contribution in [0, 0.1) is 0 Å². The van der Waals surface area contributed by atoms with Crippen LogP contribution in [0.5, 0.6) is 5.75 Å². The molecule has 0 heterocycles. The molecule has 34 heavy (non-hydrogen) atoms. The molecule has 0 unspecified atom stereocenters. The molecule has 0 fully saturated rings. The molecule has 8 nitrogen and oxygen atoms in total. The molecule has 174 valence electrons. The van der Waals surface area contributed by atoms with Gasteiger partial charge in [-0.2, -0.15) is 5.10 Å². The molecular weight excluding hydrogens is 479 g/mol. The van der Waals surface area contributed by atoms with E-state index < -0.39 is 11.8 Å². The predicted octanol–water partition coefficient (Wildman–Crippen LogP) is 3.78. The van der Waals surface area contributed by atoms with E-state index in [-0.39, 0.29) is 19.1 Å². The minimum absolute atomic E-state index is 0.217. The summed E-state index contributed by atoms with van der Waals surface area (Å²) in [6, 6.07) is 20.6. The van der Waals surface area contributed by atoms with Crippen LogP contribution in [0.25, 0.3) is 0 Å². The number of nitrogens with zero attached hydrogens (tertiary/aromatic N) is 1. The second kappa shape index (κ2) is 12.4. The van der Waals surface area contributed by atoms with E-state index in [0.29, 0.717) is 27.0 Å². The lowest BCUT2D eigenvalue weighted by Gasteiger charge is -2.08. The Kier molecular flexibility index (Phi) is 9.02. The first-order valence-corrected chi connectivity index (χ1v) is 10.8. The number of nitrogens with one attached hydrogen (secondary N) is 3. The summed E-state index contributed by atoms with van der Waals surface area (Å²) in [5.74, 6) is -1.58. The average Bonchev–Trinajstić information content (AvgIpc) is 2.82. The van der Waals surface area contributed by atoms with Gasteiger partial charge in [0.25, 0.3) is 5.91 Å². The number of halogens is 2. The van der Waals surface area contributed by atoms with Crippen molar-refractivity contribution >= 4 is 52.8 Å². The van der Waals surface area contributed by atoms with Gasteiger partial charge in [0.05, 0.1) is 6.21 Å². The highest BCUT2D eigenvalue weighted by atomic mass is 35.5.